The Hall–Kier alpha value is -3.14. The zero-order valence-corrected chi connectivity index (χ0v) is 15.7. The number of hydrogen-bond acceptors (Lipinski definition) is 6. The molecule has 144 valence electrons. The minimum Gasteiger partial charge on any atom is -0.380 e. The number of rotatable bonds is 5. The summed E-state index contributed by atoms with van der Waals surface area (Å²) in [5.41, 5.74) is 8.77. The summed E-state index contributed by atoms with van der Waals surface area (Å²) in [6, 6.07) is 11.0. The molecule has 11 heteroatoms. The summed E-state index contributed by atoms with van der Waals surface area (Å²) in [5.74, 6) is -1.20. The van der Waals surface area contributed by atoms with Gasteiger partial charge in [-0.15, -0.1) is 15.0 Å². The van der Waals surface area contributed by atoms with E-state index in [1.807, 2.05) is 0 Å². The topological polar surface area (TPSA) is 135 Å². The Morgan fingerprint density at radius 2 is 1.68 bits per heavy atom. The zero-order valence-electron chi connectivity index (χ0n) is 14.2. The van der Waals surface area contributed by atoms with Crippen molar-refractivity contribution in [2.45, 2.75) is 6.54 Å². The second-order valence-corrected chi connectivity index (χ2v) is 6.54. The van der Waals surface area contributed by atoms with Gasteiger partial charge in [-0.2, -0.15) is 0 Å². The Balaban J connectivity index is 1.71. The van der Waals surface area contributed by atoms with Gasteiger partial charge in [0.2, 0.25) is 0 Å². The van der Waals surface area contributed by atoms with Crippen molar-refractivity contribution in [3.63, 3.8) is 0 Å². The Bertz CT molecular complexity index is 1020. The molecule has 5 N–H and O–H groups in total. The SMILES string of the molecule is Nc1nn(-c2cc(Cl)cc(Cl)c2)nc1C(=O)NCc1ccc(C(=O)NO)cc1. The van der Waals surface area contributed by atoms with Gasteiger partial charge >= 0.3 is 0 Å². The van der Waals surface area contributed by atoms with E-state index in [-0.39, 0.29) is 23.6 Å². The lowest BCUT2D eigenvalue weighted by Gasteiger charge is -2.05. The molecule has 0 aliphatic carbocycles. The lowest BCUT2D eigenvalue weighted by Crippen LogP contribution is -2.24. The predicted molar refractivity (Wildman–Crippen MR) is 103 cm³/mol. The van der Waals surface area contributed by atoms with E-state index < -0.39 is 11.8 Å². The number of carbonyl (C=O) groups is 2. The average molecular weight is 421 g/mol. The Labute approximate surface area is 169 Å². The monoisotopic (exact) mass is 420 g/mol. The molecule has 3 rings (SSSR count). The van der Waals surface area contributed by atoms with Gasteiger partial charge in [-0.05, 0) is 35.9 Å². The molecular formula is C17H14Cl2N6O3. The Kier molecular flexibility index (Phi) is 5.78. The number of hydrogen-bond donors (Lipinski definition) is 4. The first kappa shape index (κ1) is 19.6. The predicted octanol–water partition coefficient (Wildman–Crippen LogP) is 2.21. The maximum atomic E-state index is 12.4. The number of nitrogen functional groups attached to an aromatic ring is 1. The average Bonchev–Trinajstić information content (AvgIpc) is 3.07. The van der Waals surface area contributed by atoms with E-state index in [4.69, 9.17) is 34.1 Å². The number of anilines is 1. The van der Waals surface area contributed by atoms with Gasteiger partial charge in [-0.1, -0.05) is 35.3 Å². The number of amides is 2. The first-order chi connectivity index (χ1) is 13.4. The standard InChI is InChI=1S/C17H14Cl2N6O3/c18-11-5-12(19)7-13(6-11)25-22-14(15(20)23-25)17(27)21-8-9-1-3-10(4-2-9)16(26)24-28/h1-7,28H,8H2,(H2,20,23)(H,21,27)(H,24,26). The van der Waals surface area contributed by atoms with Crippen molar-refractivity contribution in [2.24, 2.45) is 0 Å². The van der Waals surface area contributed by atoms with Crippen LogP contribution in [0, 0.1) is 0 Å². The van der Waals surface area contributed by atoms with Crippen molar-refractivity contribution >= 4 is 40.8 Å². The van der Waals surface area contributed by atoms with Gasteiger partial charge < -0.3 is 11.1 Å². The molecule has 1 heterocycles. The van der Waals surface area contributed by atoms with Crippen LogP contribution in [0.15, 0.2) is 42.5 Å². The molecule has 0 aliphatic heterocycles. The van der Waals surface area contributed by atoms with Gasteiger partial charge in [0, 0.05) is 22.2 Å². The molecule has 9 nitrogen and oxygen atoms in total. The summed E-state index contributed by atoms with van der Waals surface area (Å²) in [5, 5.41) is 20.2. The van der Waals surface area contributed by atoms with Crippen molar-refractivity contribution in [2.75, 3.05) is 5.73 Å². The lowest BCUT2D eigenvalue weighted by atomic mass is 10.1. The van der Waals surface area contributed by atoms with Crippen LogP contribution in [-0.2, 0) is 6.54 Å². The molecule has 0 aliphatic rings. The molecule has 2 aromatic carbocycles. The molecule has 2 amide bonds. The molecule has 0 bridgehead atoms. The second kappa shape index (κ2) is 8.26. The molecule has 0 spiro atoms. The smallest absolute Gasteiger partial charge is 0.275 e. The van der Waals surface area contributed by atoms with E-state index in [0.29, 0.717) is 15.7 Å². The van der Waals surface area contributed by atoms with E-state index >= 15 is 0 Å². The number of benzene rings is 2. The van der Waals surface area contributed by atoms with E-state index in [1.165, 1.54) is 16.9 Å². The Morgan fingerprint density at radius 3 is 2.29 bits per heavy atom. The van der Waals surface area contributed by atoms with Crippen LogP contribution in [0.25, 0.3) is 5.69 Å². The molecule has 0 radical (unpaired) electrons. The van der Waals surface area contributed by atoms with Crippen molar-refractivity contribution < 1.29 is 14.8 Å². The number of aromatic nitrogens is 3. The number of halogens is 2. The minimum absolute atomic E-state index is 0.0487. The molecule has 0 saturated carbocycles. The highest BCUT2D eigenvalue weighted by Gasteiger charge is 2.17. The summed E-state index contributed by atoms with van der Waals surface area (Å²) >= 11 is 11.9. The molecule has 0 fully saturated rings. The quantitative estimate of drug-likeness (QED) is 0.369. The molecule has 0 atom stereocenters. The van der Waals surface area contributed by atoms with Crippen LogP contribution in [-0.4, -0.2) is 32.0 Å². The van der Waals surface area contributed by atoms with Gasteiger partial charge in [0.25, 0.3) is 11.8 Å². The number of nitrogens with zero attached hydrogens (tertiary/aromatic N) is 3. The largest absolute Gasteiger partial charge is 0.380 e. The summed E-state index contributed by atoms with van der Waals surface area (Å²) < 4.78 is 0. The fourth-order valence-electron chi connectivity index (χ4n) is 2.35. The zero-order chi connectivity index (χ0) is 20.3. The first-order valence-electron chi connectivity index (χ1n) is 7.88. The molecule has 3 aromatic rings. The molecule has 0 unspecified atom stereocenters. The maximum absolute atomic E-state index is 12.4. The van der Waals surface area contributed by atoms with Crippen molar-refractivity contribution in [1.82, 2.24) is 25.8 Å². The Morgan fingerprint density at radius 1 is 1.04 bits per heavy atom. The van der Waals surface area contributed by atoms with Crippen LogP contribution >= 0.6 is 23.2 Å². The minimum atomic E-state index is -0.624. The van der Waals surface area contributed by atoms with Crippen LogP contribution < -0.4 is 16.5 Å². The highest BCUT2D eigenvalue weighted by molar-refractivity contribution is 6.34. The number of nitrogens with two attached hydrogens (primary N) is 1. The summed E-state index contributed by atoms with van der Waals surface area (Å²) in [6.45, 7) is 0.176. The van der Waals surface area contributed by atoms with Crippen molar-refractivity contribution in [3.8, 4) is 5.69 Å². The van der Waals surface area contributed by atoms with Gasteiger partial charge in [-0.3, -0.25) is 14.8 Å². The number of nitrogens with one attached hydrogen (secondary N) is 2. The third-order valence-corrected chi connectivity index (χ3v) is 4.14. The van der Waals surface area contributed by atoms with Crippen molar-refractivity contribution in [3.05, 3.63) is 69.3 Å². The highest BCUT2D eigenvalue weighted by atomic mass is 35.5. The molecule has 0 saturated heterocycles. The van der Waals surface area contributed by atoms with Crippen molar-refractivity contribution in [1.29, 1.82) is 0 Å². The van der Waals surface area contributed by atoms with Crippen LogP contribution in [0.2, 0.25) is 10.0 Å². The van der Waals surface area contributed by atoms with Gasteiger partial charge in [-0.25, -0.2) is 5.48 Å². The van der Waals surface area contributed by atoms with Crippen LogP contribution in [0.3, 0.4) is 0 Å². The van der Waals surface area contributed by atoms with Crippen LogP contribution in [0.1, 0.15) is 26.4 Å². The van der Waals surface area contributed by atoms with E-state index in [2.05, 4.69) is 15.5 Å². The third-order valence-electron chi connectivity index (χ3n) is 3.70. The molecular weight excluding hydrogens is 407 g/mol. The molecule has 1 aromatic heterocycles. The van der Waals surface area contributed by atoms with E-state index in [9.17, 15) is 9.59 Å². The second-order valence-electron chi connectivity index (χ2n) is 5.67. The normalized spacial score (nSPS) is 10.5. The third kappa shape index (κ3) is 4.39. The summed E-state index contributed by atoms with van der Waals surface area (Å²) in [6.07, 6.45) is 0. The molecule has 28 heavy (non-hydrogen) atoms. The summed E-state index contributed by atoms with van der Waals surface area (Å²) in [7, 11) is 0. The number of hydroxylamine groups is 1. The van der Waals surface area contributed by atoms with E-state index in [1.54, 1.807) is 35.8 Å². The lowest BCUT2D eigenvalue weighted by molar-refractivity contribution is 0.0706. The fourth-order valence-corrected chi connectivity index (χ4v) is 2.87. The number of carbonyl (C=O) groups excluding carboxylic acids is 2. The maximum Gasteiger partial charge on any atom is 0.275 e. The van der Waals surface area contributed by atoms with Crippen LogP contribution in [0.4, 0.5) is 5.82 Å². The first-order valence-corrected chi connectivity index (χ1v) is 8.64. The van der Waals surface area contributed by atoms with Gasteiger partial charge in [0.05, 0.1) is 5.69 Å². The van der Waals surface area contributed by atoms with Gasteiger partial charge in [0.15, 0.2) is 11.5 Å². The van der Waals surface area contributed by atoms with Crippen LogP contribution in [0.5, 0.6) is 0 Å². The highest BCUT2D eigenvalue weighted by Crippen LogP contribution is 2.21. The van der Waals surface area contributed by atoms with Gasteiger partial charge in [0.1, 0.15) is 0 Å². The fraction of sp³-hybridized carbons (Fsp3) is 0.0588. The van der Waals surface area contributed by atoms with E-state index in [0.717, 1.165) is 5.56 Å². The summed E-state index contributed by atoms with van der Waals surface area (Å²) in [4.78, 5) is 24.8.